The highest BCUT2D eigenvalue weighted by Crippen LogP contribution is 2.39. The number of nitrogens with zero attached hydrogens (tertiary/aromatic N) is 3. The van der Waals surface area contributed by atoms with Gasteiger partial charge in [0.15, 0.2) is 9.84 Å². The molecule has 2 rings (SSSR count). The number of hydrogen-bond donors (Lipinski definition) is 0. The van der Waals surface area contributed by atoms with Gasteiger partial charge in [-0.05, 0) is 31.2 Å². The predicted molar refractivity (Wildman–Crippen MR) is 47.9 cm³/mol. The van der Waals surface area contributed by atoms with Crippen molar-refractivity contribution in [1.82, 2.24) is 0 Å². The third-order valence-electron chi connectivity index (χ3n) is 3.02. The smallest absolute Gasteiger partial charge is 0.156 e. The van der Waals surface area contributed by atoms with Crippen LogP contribution in [0.4, 0.5) is 0 Å². The molecule has 0 aromatic carbocycles. The number of hydrogen-bond acceptors (Lipinski definition) is 3. The van der Waals surface area contributed by atoms with E-state index in [1.807, 2.05) is 0 Å². The van der Waals surface area contributed by atoms with Crippen molar-refractivity contribution in [3.8, 4) is 0 Å². The summed E-state index contributed by atoms with van der Waals surface area (Å²) in [4.78, 5) is 2.73. The summed E-state index contributed by atoms with van der Waals surface area (Å²) in [7, 11) is -2.86. The first-order chi connectivity index (χ1) is 6.14. The Bertz CT molecular complexity index is 338. The first-order valence-electron chi connectivity index (χ1n) is 4.41. The molecule has 0 amide bonds. The maximum absolute atomic E-state index is 11.6. The number of rotatable bonds is 1. The van der Waals surface area contributed by atoms with Crippen LogP contribution in [0.2, 0.25) is 0 Å². The van der Waals surface area contributed by atoms with Crippen molar-refractivity contribution in [2.75, 3.05) is 0 Å². The summed E-state index contributed by atoms with van der Waals surface area (Å²) in [6.07, 6.45) is 2.57. The van der Waals surface area contributed by atoms with Gasteiger partial charge in [0.1, 0.15) is 0 Å². The van der Waals surface area contributed by atoms with Crippen LogP contribution < -0.4 is 0 Å². The number of fused-ring (bicyclic) bond motifs is 2. The summed E-state index contributed by atoms with van der Waals surface area (Å²) in [5.41, 5.74) is 8.25. The van der Waals surface area contributed by atoms with Crippen LogP contribution in [-0.2, 0) is 9.84 Å². The van der Waals surface area contributed by atoms with Gasteiger partial charge >= 0.3 is 0 Å². The van der Waals surface area contributed by atoms with Crippen LogP contribution in [0.25, 0.3) is 10.4 Å². The zero-order valence-corrected chi connectivity index (χ0v) is 7.94. The second-order valence-corrected chi connectivity index (χ2v) is 6.25. The molecule has 2 bridgehead atoms. The summed E-state index contributed by atoms with van der Waals surface area (Å²) in [5.74, 6) is 0. The Kier molecular flexibility index (Phi) is 1.96. The number of sulfone groups is 1. The Labute approximate surface area is 76.7 Å². The summed E-state index contributed by atoms with van der Waals surface area (Å²) in [6, 6.07) is -0.0916. The van der Waals surface area contributed by atoms with Gasteiger partial charge in [-0.1, -0.05) is 5.11 Å². The van der Waals surface area contributed by atoms with Gasteiger partial charge in [0, 0.05) is 11.0 Å². The van der Waals surface area contributed by atoms with Gasteiger partial charge in [-0.25, -0.2) is 8.42 Å². The van der Waals surface area contributed by atoms with Crippen LogP contribution in [0.15, 0.2) is 5.11 Å². The van der Waals surface area contributed by atoms with Crippen molar-refractivity contribution < 1.29 is 8.42 Å². The molecule has 0 radical (unpaired) electrons. The molecule has 5 nitrogen and oxygen atoms in total. The lowest BCUT2D eigenvalue weighted by molar-refractivity contribution is 0.505. The zero-order chi connectivity index (χ0) is 9.47. The molecule has 2 atom stereocenters. The van der Waals surface area contributed by atoms with Crippen LogP contribution >= 0.6 is 0 Å². The van der Waals surface area contributed by atoms with Crippen LogP contribution in [0, 0.1) is 0 Å². The minimum Gasteiger partial charge on any atom is -0.228 e. The Morgan fingerprint density at radius 3 is 2.23 bits per heavy atom. The first kappa shape index (κ1) is 8.84. The van der Waals surface area contributed by atoms with Crippen LogP contribution in [0.5, 0.6) is 0 Å². The fourth-order valence-corrected chi connectivity index (χ4v) is 4.80. The Balaban J connectivity index is 2.24. The van der Waals surface area contributed by atoms with Gasteiger partial charge in [0.2, 0.25) is 0 Å². The van der Waals surface area contributed by atoms with Crippen molar-refractivity contribution in [2.24, 2.45) is 5.11 Å². The van der Waals surface area contributed by atoms with E-state index in [-0.39, 0.29) is 16.5 Å². The monoisotopic (exact) mass is 201 g/mol. The SMILES string of the molecule is [N-]=[N+]=NC1CC2CCC(C1)S2(=O)=O. The van der Waals surface area contributed by atoms with E-state index in [4.69, 9.17) is 5.53 Å². The van der Waals surface area contributed by atoms with Gasteiger partial charge in [-0.3, -0.25) is 0 Å². The largest absolute Gasteiger partial charge is 0.228 e. The quantitative estimate of drug-likeness (QED) is 0.365. The molecule has 2 aliphatic heterocycles. The molecule has 2 saturated heterocycles. The summed E-state index contributed by atoms with van der Waals surface area (Å²) in [6.45, 7) is 0. The zero-order valence-electron chi connectivity index (χ0n) is 7.13. The van der Waals surface area contributed by atoms with Crippen LogP contribution in [0.1, 0.15) is 25.7 Å². The van der Waals surface area contributed by atoms with Gasteiger partial charge in [0.05, 0.1) is 10.5 Å². The molecule has 2 aliphatic rings. The lowest BCUT2D eigenvalue weighted by atomic mass is 10.1. The Hall–Kier alpha value is -0.740. The second-order valence-electron chi connectivity index (χ2n) is 3.74. The van der Waals surface area contributed by atoms with Crippen molar-refractivity contribution in [1.29, 1.82) is 0 Å². The molecule has 0 saturated carbocycles. The van der Waals surface area contributed by atoms with Crippen molar-refractivity contribution in [3.05, 3.63) is 10.4 Å². The third-order valence-corrected chi connectivity index (χ3v) is 5.74. The van der Waals surface area contributed by atoms with Crippen molar-refractivity contribution in [3.63, 3.8) is 0 Å². The lowest BCUT2D eigenvalue weighted by Crippen LogP contribution is -2.34. The molecular weight excluding hydrogens is 190 g/mol. The molecule has 2 heterocycles. The highest BCUT2D eigenvalue weighted by molar-refractivity contribution is 7.93. The van der Waals surface area contributed by atoms with E-state index in [0.717, 1.165) is 12.8 Å². The van der Waals surface area contributed by atoms with E-state index in [2.05, 4.69) is 10.0 Å². The van der Waals surface area contributed by atoms with E-state index in [1.165, 1.54) is 0 Å². The molecule has 6 heteroatoms. The second kappa shape index (κ2) is 2.89. The van der Waals surface area contributed by atoms with Crippen LogP contribution in [-0.4, -0.2) is 25.0 Å². The molecule has 2 fully saturated rings. The van der Waals surface area contributed by atoms with Crippen LogP contribution in [0.3, 0.4) is 0 Å². The summed E-state index contributed by atoms with van der Waals surface area (Å²) < 4.78 is 23.2. The van der Waals surface area contributed by atoms with E-state index in [0.29, 0.717) is 12.8 Å². The van der Waals surface area contributed by atoms with Crippen molar-refractivity contribution in [2.45, 2.75) is 42.2 Å². The molecule has 0 aliphatic carbocycles. The highest BCUT2D eigenvalue weighted by Gasteiger charge is 2.46. The minimum absolute atomic E-state index is 0.0916. The van der Waals surface area contributed by atoms with E-state index in [1.54, 1.807) is 0 Å². The van der Waals surface area contributed by atoms with E-state index < -0.39 is 9.84 Å². The fourth-order valence-electron chi connectivity index (χ4n) is 2.35. The summed E-state index contributed by atoms with van der Waals surface area (Å²) >= 11 is 0. The van der Waals surface area contributed by atoms with Gasteiger partial charge in [-0.15, -0.1) is 0 Å². The Morgan fingerprint density at radius 2 is 1.77 bits per heavy atom. The maximum atomic E-state index is 11.6. The average Bonchev–Trinajstić information content (AvgIpc) is 2.29. The first-order valence-corrected chi connectivity index (χ1v) is 6.02. The number of azide groups is 1. The normalized spacial score (nSPS) is 41.1. The molecule has 0 aromatic rings. The van der Waals surface area contributed by atoms with Gasteiger partial charge < -0.3 is 0 Å². The Morgan fingerprint density at radius 1 is 1.23 bits per heavy atom. The van der Waals surface area contributed by atoms with Gasteiger partial charge in [-0.2, -0.15) is 0 Å². The average molecular weight is 201 g/mol. The topological polar surface area (TPSA) is 82.9 Å². The standard InChI is InChI=1S/C7H11N3O2S/c8-10-9-5-3-6-1-2-7(4-5)13(6,11)12/h5-7H,1-4H2. The maximum Gasteiger partial charge on any atom is 0.156 e. The minimum atomic E-state index is -2.86. The molecule has 72 valence electrons. The molecule has 0 aromatic heterocycles. The van der Waals surface area contributed by atoms with E-state index in [9.17, 15) is 8.42 Å². The third kappa shape index (κ3) is 1.30. The molecule has 0 spiro atoms. The van der Waals surface area contributed by atoms with E-state index >= 15 is 0 Å². The predicted octanol–water partition coefficient (Wildman–Crippen LogP) is 1.40. The lowest BCUT2D eigenvalue weighted by Gasteiger charge is -2.24. The van der Waals surface area contributed by atoms with Gasteiger partial charge in [0.25, 0.3) is 0 Å². The summed E-state index contributed by atoms with van der Waals surface area (Å²) in [5, 5.41) is 3.14. The molecule has 13 heavy (non-hydrogen) atoms. The molecule has 2 unspecified atom stereocenters. The highest BCUT2D eigenvalue weighted by atomic mass is 32.2. The fraction of sp³-hybridized carbons (Fsp3) is 1.00. The molecule has 0 N–H and O–H groups in total. The molecular formula is C7H11N3O2S. The van der Waals surface area contributed by atoms with Crippen molar-refractivity contribution >= 4 is 9.84 Å².